The van der Waals surface area contributed by atoms with Crippen LogP contribution in [0.15, 0.2) is 23.6 Å². The zero-order valence-corrected chi connectivity index (χ0v) is 11.7. The van der Waals surface area contributed by atoms with Gasteiger partial charge in [0, 0.05) is 26.2 Å². The fourth-order valence-corrected chi connectivity index (χ4v) is 2.51. The van der Waals surface area contributed by atoms with Gasteiger partial charge in [-0.1, -0.05) is 11.8 Å². The largest absolute Gasteiger partial charge is 0.481 e. The number of thioether (sulfide) groups is 1. The highest BCUT2D eigenvalue weighted by Gasteiger charge is 2.13. The number of pyridine rings is 1. The molecule has 0 aliphatic rings. The van der Waals surface area contributed by atoms with Crippen molar-refractivity contribution in [2.45, 2.75) is 18.1 Å². The summed E-state index contributed by atoms with van der Waals surface area (Å²) in [5.41, 5.74) is 1.54. The van der Waals surface area contributed by atoms with Crippen molar-refractivity contribution < 1.29 is 14.7 Å². The summed E-state index contributed by atoms with van der Waals surface area (Å²) < 4.78 is 1.85. The Balaban J connectivity index is 2.29. The van der Waals surface area contributed by atoms with Crippen LogP contribution in [-0.4, -0.2) is 44.3 Å². The normalized spacial score (nSPS) is 10.7. The number of nitrogens with zero attached hydrogens (tertiary/aromatic N) is 3. The van der Waals surface area contributed by atoms with Gasteiger partial charge in [-0.05, 0) is 6.07 Å². The van der Waals surface area contributed by atoms with Crippen LogP contribution in [0.5, 0.6) is 0 Å². The standard InChI is InChI=1S/C12H14N4O3S/c1-13-10(17)3-5-16-9-2-4-14-6-8(9)15-12(16)20-7-11(18)19/h2,4,6H,3,5,7H2,1H3,(H,13,17)(H,18,19). The van der Waals surface area contributed by atoms with Crippen molar-refractivity contribution in [1.82, 2.24) is 19.9 Å². The highest BCUT2D eigenvalue weighted by Crippen LogP contribution is 2.23. The van der Waals surface area contributed by atoms with Crippen LogP contribution in [0.2, 0.25) is 0 Å². The molecule has 8 heteroatoms. The number of rotatable bonds is 6. The summed E-state index contributed by atoms with van der Waals surface area (Å²) in [6.07, 6.45) is 3.58. The van der Waals surface area contributed by atoms with Gasteiger partial charge in [-0.15, -0.1) is 0 Å². The van der Waals surface area contributed by atoms with Gasteiger partial charge in [0.05, 0.1) is 17.5 Å². The van der Waals surface area contributed by atoms with E-state index < -0.39 is 5.97 Å². The fraction of sp³-hybridized carbons (Fsp3) is 0.333. The van der Waals surface area contributed by atoms with E-state index in [0.29, 0.717) is 23.6 Å². The summed E-state index contributed by atoms with van der Waals surface area (Å²) in [6, 6.07) is 1.80. The summed E-state index contributed by atoms with van der Waals surface area (Å²) >= 11 is 1.13. The lowest BCUT2D eigenvalue weighted by Gasteiger charge is -2.07. The molecule has 0 unspecified atom stereocenters. The van der Waals surface area contributed by atoms with E-state index in [0.717, 1.165) is 17.3 Å². The molecule has 1 amide bonds. The number of carboxylic acids is 1. The van der Waals surface area contributed by atoms with Crippen molar-refractivity contribution >= 4 is 34.7 Å². The highest BCUT2D eigenvalue weighted by atomic mass is 32.2. The molecular weight excluding hydrogens is 280 g/mol. The Kier molecular flexibility index (Phi) is 4.57. The molecule has 106 valence electrons. The third kappa shape index (κ3) is 3.27. The summed E-state index contributed by atoms with van der Waals surface area (Å²) in [7, 11) is 1.58. The second kappa shape index (κ2) is 6.38. The number of fused-ring (bicyclic) bond motifs is 1. The lowest BCUT2D eigenvalue weighted by atomic mass is 10.3. The lowest BCUT2D eigenvalue weighted by molar-refractivity contribution is -0.134. The van der Waals surface area contributed by atoms with Crippen LogP contribution in [-0.2, 0) is 16.1 Å². The minimum atomic E-state index is -0.905. The Bertz CT molecular complexity index is 641. The highest BCUT2D eigenvalue weighted by molar-refractivity contribution is 7.99. The monoisotopic (exact) mass is 294 g/mol. The summed E-state index contributed by atoms with van der Waals surface area (Å²) in [6.45, 7) is 0.447. The van der Waals surface area contributed by atoms with Gasteiger partial charge in [0.2, 0.25) is 5.91 Å². The molecule has 0 bridgehead atoms. The number of imidazole rings is 1. The van der Waals surface area contributed by atoms with E-state index in [1.165, 1.54) is 0 Å². The van der Waals surface area contributed by atoms with E-state index in [1.54, 1.807) is 25.5 Å². The molecule has 2 heterocycles. The van der Waals surface area contributed by atoms with Crippen LogP contribution in [0.4, 0.5) is 0 Å². The van der Waals surface area contributed by atoms with E-state index in [4.69, 9.17) is 5.11 Å². The second-order valence-electron chi connectivity index (χ2n) is 4.02. The van der Waals surface area contributed by atoms with Crippen LogP contribution in [0, 0.1) is 0 Å². The maximum atomic E-state index is 11.4. The van der Waals surface area contributed by atoms with Gasteiger partial charge >= 0.3 is 5.97 Å². The smallest absolute Gasteiger partial charge is 0.313 e. The van der Waals surface area contributed by atoms with Gasteiger partial charge in [-0.2, -0.15) is 0 Å². The van der Waals surface area contributed by atoms with Crippen molar-refractivity contribution in [2.24, 2.45) is 0 Å². The molecule has 2 aromatic rings. The van der Waals surface area contributed by atoms with Crippen molar-refractivity contribution in [3.63, 3.8) is 0 Å². The van der Waals surface area contributed by atoms with Gasteiger partial charge < -0.3 is 15.0 Å². The summed E-state index contributed by atoms with van der Waals surface area (Å²) in [5.74, 6) is -1.05. The van der Waals surface area contributed by atoms with Crippen LogP contribution >= 0.6 is 11.8 Å². The van der Waals surface area contributed by atoms with E-state index in [2.05, 4.69) is 15.3 Å². The number of aromatic nitrogens is 3. The van der Waals surface area contributed by atoms with Crippen molar-refractivity contribution in [3.05, 3.63) is 18.5 Å². The Morgan fingerprint density at radius 3 is 3.00 bits per heavy atom. The van der Waals surface area contributed by atoms with E-state index >= 15 is 0 Å². The molecule has 0 radical (unpaired) electrons. The molecule has 0 fully saturated rings. The summed E-state index contributed by atoms with van der Waals surface area (Å²) in [4.78, 5) is 30.4. The van der Waals surface area contributed by atoms with Gasteiger partial charge in [0.25, 0.3) is 0 Å². The Morgan fingerprint density at radius 2 is 2.30 bits per heavy atom. The first-order valence-corrected chi connectivity index (χ1v) is 6.96. The van der Waals surface area contributed by atoms with Gasteiger partial charge in [0.15, 0.2) is 5.16 Å². The average molecular weight is 294 g/mol. The summed E-state index contributed by atoms with van der Waals surface area (Å²) in [5, 5.41) is 11.9. The predicted octanol–water partition coefficient (Wildman–Crippen LogP) is 0.744. The molecule has 0 aliphatic heterocycles. The number of hydrogen-bond acceptors (Lipinski definition) is 5. The minimum absolute atomic E-state index is 0.0727. The molecular formula is C12H14N4O3S. The quantitative estimate of drug-likeness (QED) is 0.763. The predicted molar refractivity (Wildman–Crippen MR) is 74.6 cm³/mol. The number of hydrogen-bond donors (Lipinski definition) is 2. The van der Waals surface area contributed by atoms with E-state index in [9.17, 15) is 9.59 Å². The third-order valence-corrected chi connectivity index (χ3v) is 3.64. The first-order chi connectivity index (χ1) is 9.61. The Labute approximate surface area is 119 Å². The maximum Gasteiger partial charge on any atom is 0.313 e. The fourth-order valence-electron chi connectivity index (χ4n) is 1.75. The van der Waals surface area contributed by atoms with Crippen molar-refractivity contribution in [1.29, 1.82) is 0 Å². The maximum absolute atomic E-state index is 11.4. The molecule has 7 nitrogen and oxygen atoms in total. The Hall–Kier alpha value is -2.09. The zero-order chi connectivity index (χ0) is 14.5. The SMILES string of the molecule is CNC(=O)CCn1c(SCC(=O)O)nc2cnccc21. The average Bonchev–Trinajstić information content (AvgIpc) is 2.80. The molecule has 2 N–H and O–H groups in total. The second-order valence-corrected chi connectivity index (χ2v) is 4.96. The van der Waals surface area contributed by atoms with Crippen molar-refractivity contribution in [3.8, 4) is 0 Å². The number of aliphatic carboxylic acids is 1. The van der Waals surface area contributed by atoms with Crippen LogP contribution in [0.1, 0.15) is 6.42 Å². The molecule has 2 rings (SSSR count). The molecule has 0 aromatic carbocycles. The van der Waals surface area contributed by atoms with Gasteiger partial charge in [0.1, 0.15) is 5.52 Å². The van der Waals surface area contributed by atoms with Gasteiger partial charge in [-0.3, -0.25) is 14.6 Å². The minimum Gasteiger partial charge on any atom is -0.481 e. The van der Waals surface area contributed by atoms with Crippen LogP contribution < -0.4 is 5.32 Å². The molecule has 0 spiro atoms. The lowest BCUT2D eigenvalue weighted by Crippen LogP contribution is -2.19. The molecule has 0 saturated heterocycles. The number of amides is 1. The number of nitrogens with one attached hydrogen (secondary N) is 1. The van der Waals surface area contributed by atoms with Crippen LogP contribution in [0.3, 0.4) is 0 Å². The molecule has 0 aliphatic carbocycles. The topological polar surface area (TPSA) is 97.1 Å². The van der Waals surface area contributed by atoms with E-state index in [-0.39, 0.29) is 11.7 Å². The number of carbonyl (C=O) groups is 2. The third-order valence-electron chi connectivity index (χ3n) is 2.68. The Morgan fingerprint density at radius 1 is 1.50 bits per heavy atom. The van der Waals surface area contributed by atoms with Crippen LogP contribution in [0.25, 0.3) is 11.0 Å². The van der Waals surface area contributed by atoms with Crippen molar-refractivity contribution in [2.75, 3.05) is 12.8 Å². The molecule has 0 saturated carbocycles. The number of carboxylic acid groups (broad SMARTS) is 1. The molecule has 2 aromatic heterocycles. The zero-order valence-electron chi connectivity index (χ0n) is 10.9. The first kappa shape index (κ1) is 14.3. The number of aryl methyl sites for hydroxylation is 1. The first-order valence-electron chi connectivity index (χ1n) is 5.97. The molecule has 20 heavy (non-hydrogen) atoms. The van der Waals surface area contributed by atoms with Gasteiger partial charge in [-0.25, -0.2) is 4.98 Å². The molecule has 0 atom stereocenters. The van der Waals surface area contributed by atoms with E-state index in [1.807, 2.05) is 4.57 Å². The number of carbonyl (C=O) groups excluding carboxylic acids is 1.